The molecule has 96 valence electrons. The van der Waals surface area contributed by atoms with Gasteiger partial charge in [-0.15, -0.1) is 0 Å². The molecule has 1 rings (SSSR count). The fraction of sp³-hybridized carbons (Fsp3) is 0.538. The molecule has 0 unspecified atom stereocenters. The lowest BCUT2D eigenvalue weighted by Crippen LogP contribution is -2.14. The van der Waals surface area contributed by atoms with Crippen molar-refractivity contribution in [1.29, 1.82) is 0 Å². The lowest BCUT2D eigenvalue weighted by molar-refractivity contribution is 0.0222. The van der Waals surface area contributed by atoms with Crippen LogP contribution in [0, 0.1) is 5.82 Å². The largest absolute Gasteiger partial charge is 0.383 e. The van der Waals surface area contributed by atoms with Crippen molar-refractivity contribution in [2.45, 2.75) is 20.0 Å². The molecule has 0 aliphatic rings. The average Bonchev–Trinajstić information content (AvgIpc) is 2.27. The van der Waals surface area contributed by atoms with Crippen LogP contribution in [0.15, 0.2) is 24.3 Å². The van der Waals surface area contributed by atoms with Gasteiger partial charge in [0.1, 0.15) is 5.82 Å². The van der Waals surface area contributed by atoms with Crippen LogP contribution in [-0.2, 0) is 9.47 Å². The Balaban J connectivity index is 2.01. The number of rotatable bonds is 8. The molecule has 0 atom stereocenters. The minimum atomic E-state index is -0.235. The molecule has 17 heavy (non-hydrogen) atoms. The van der Waals surface area contributed by atoms with Crippen LogP contribution in [0.1, 0.15) is 13.8 Å². The van der Waals surface area contributed by atoms with E-state index in [-0.39, 0.29) is 11.9 Å². The highest BCUT2D eigenvalue weighted by molar-refractivity contribution is 5.42. The van der Waals surface area contributed by atoms with Crippen molar-refractivity contribution < 1.29 is 13.9 Å². The van der Waals surface area contributed by atoms with E-state index in [1.807, 2.05) is 19.9 Å². The van der Waals surface area contributed by atoms with E-state index in [1.165, 1.54) is 12.1 Å². The molecule has 0 aliphatic heterocycles. The van der Waals surface area contributed by atoms with Gasteiger partial charge < -0.3 is 14.8 Å². The fourth-order valence-corrected chi connectivity index (χ4v) is 1.31. The van der Waals surface area contributed by atoms with Gasteiger partial charge in [-0.1, -0.05) is 6.07 Å². The quantitative estimate of drug-likeness (QED) is 0.710. The normalized spacial score (nSPS) is 10.8. The summed E-state index contributed by atoms with van der Waals surface area (Å²) in [5.74, 6) is -0.235. The maximum Gasteiger partial charge on any atom is 0.125 e. The molecule has 4 heteroatoms. The van der Waals surface area contributed by atoms with Gasteiger partial charge in [-0.05, 0) is 32.0 Å². The lowest BCUT2D eigenvalue weighted by Gasteiger charge is -2.09. The zero-order chi connectivity index (χ0) is 12.5. The van der Waals surface area contributed by atoms with Crippen molar-refractivity contribution >= 4 is 5.69 Å². The Hall–Kier alpha value is -1.13. The zero-order valence-corrected chi connectivity index (χ0v) is 10.4. The number of halogens is 1. The Labute approximate surface area is 102 Å². The van der Waals surface area contributed by atoms with Gasteiger partial charge in [-0.2, -0.15) is 0 Å². The second-order valence-electron chi connectivity index (χ2n) is 3.97. The summed E-state index contributed by atoms with van der Waals surface area (Å²) < 4.78 is 23.5. The third-order valence-corrected chi connectivity index (χ3v) is 2.08. The Morgan fingerprint density at radius 2 is 2.06 bits per heavy atom. The Morgan fingerprint density at radius 1 is 1.24 bits per heavy atom. The van der Waals surface area contributed by atoms with Gasteiger partial charge in [0.25, 0.3) is 0 Å². The first-order valence-corrected chi connectivity index (χ1v) is 5.87. The highest BCUT2D eigenvalue weighted by atomic mass is 19.1. The van der Waals surface area contributed by atoms with Crippen molar-refractivity contribution in [2.24, 2.45) is 0 Å². The van der Waals surface area contributed by atoms with Crippen molar-refractivity contribution in [3.05, 3.63) is 30.1 Å². The van der Waals surface area contributed by atoms with Crippen molar-refractivity contribution in [1.82, 2.24) is 0 Å². The number of hydrogen-bond donors (Lipinski definition) is 1. The minimum Gasteiger partial charge on any atom is -0.383 e. The third-order valence-electron chi connectivity index (χ3n) is 2.08. The molecule has 0 spiro atoms. The zero-order valence-electron chi connectivity index (χ0n) is 10.4. The van der Waals surface area contributed by atoms with E-state index >= 15 is 0 Å². The summed E-state index contributed by atoms with van der Waals surface area (Å²) in [5, 5.41) is 3.08. The Morgan fingerprint density at radius 3 is 2.76 bits per heavy atom. The van der Waals surface area contributed by atoms with E-state index in [4.69, 9.17) is 9.47 Å². The molecule has 0 fully saturated rings. The molecule has 1 aromatic carbocycles. The van der Waals surface area contributed by atoms with Gasteiger partial charge in [0, 0.05) is 12.2 Å². The fourth-order valence-electron chi connectivity index (χ4n) is 1.31. The molecular weight excluding hydrogens is 221 g/mol. The second-order valence-corrected chi connectivity index (χ2v) is 3.97. The lowest BCUT2D eigenvalue weighted by atomic mass is 10.3. The third kappa shape index (κ3) is 6.92. The van der Waals surface area contributed by atoms with E-state index in [9.17, 15) is 4.39 Å². The number of benzene rings is 1. The van der Waals surface area contributed by atoms with E-state index in [2.05, 4.69) is 5.32 Å². The predicted octanol–water partition coefficient (Wildman–Crippen LogP) is 2.68. The van der Waals surface area contributed by atoms with Gasteiger partial charge in [-0.25, -0.2) is 4.39 Å². The van der Waals surface area contributed by atoms with Crippen molar-refractivity contribution in [3.8, 4) is 0 Å². The van der Waals surface area contributed by atoms with Crippen LogP contribution >= 0.6 is 0 Å². The summed E-state index contributed by atoms with van der Waals surface area (Å²) in [6, 6.07) is 6.38. The average molecular weight is 241 g/mol. The summed E-state index contributed by atoms with van der Waals surface area (Å²) >= 11 is 0. The van der Waals surface area contributed by atoms with Gasteiger partial charge >= 0.3 is 0 Å². The van der Waals surface area contributed by atoms with Gasteiger partial charge in [-0.3, -0.25) is 0 Å². The second kappa shape index (κ2) is 8.03. The molecule has 0 bridgehead atoms. The van der Waals surface area contributed by atoms with Gasteiger partial charge in [0.2, 0.25) is 0 Å². The van der Waals surface area contributed by atoms with Crippen LogP contribution in [0.2, 0.25) is 0 Å². The highest BCUT2D eigenvalue weighted by Crippen LogP contribution is 2.08. The number of hydrogen-bond acceptors (Lipinski definition) is 3. The maximum absolute atomic E-state index is 12.8. The van der Waals surface area contributed by atoms with Crippen molar-refractivity contribution in [2.75, 3.05) is 31.7 Å². The number of nitrogens with one attached hydrogen (secondary N) is 1. The topological polar surface area (TPSA) is 30.5 Å². The van der Waals surface area contributed by atoms with Crippen LogP contribution in [0.4, 0.5) is 10.1 Å². The first kappa shape index (κ1) is 13.9. The predicted molar refractivity (Wildman–Crippen MR) is 66.8 cm³/mol. The molecule has 0 heterocycles. The van der Waals surface area contributed by atoms with E-state index in [0.29, 0.717) is 26.4 Å². The molecule has 0 aromatic heterocycles. The van der Waals surface area contributed by atoms with Crippen LogP contribution in [0.25, 0.3) is 0 Å². The standard InChI is InChI=1S/C13H20FNO2/c1-11(2)17-9-8-16-7-6-15-13-5-3-4-12(14)10-13/h3-5,10-11,15H,6-9H2,1-2H3. The first-order valence-electron chi connectivity index (χ1n) is 5.87. The number of ether oxygens (including phenoxy) is 2. The molecule has 0 saturated carbocycles. The molecule has 0 radical (unpaired) electrons. The molecule has 0 aliphatic carbocycles. The summed E-state index contributed by atoms with van der Waals surface area (Å²) in [4.78, 5) is 0. The summed E-state index contributed by atoms with van der Waals surface area (Å²) in [7, 11) is 0. The van der Waals surface area contributed by atoms with Crippen LogP contribution in [0.5, 0.6) is 0 Å². The van der Waals surface area contributed by atoms with E-state index < -0.39 is 0 Å². The minimum absolute atomic E-state index is 0.235. The molecule has 0 amide bonds. The summed E-state index contributed by atoms with van der Waals surface area (Å²) in [6.45, 7) is 6.42. The number of anilines is 1. The Kier molecular flexibility index (Phi) is 6.58. The monoisotopic (exact) mass is 241 g/mol. The van der Waals surface area contributed by atoms with E-state index in [0.717, 1.165) is 5.69 Å². The van der Waals surface area contributed by atoms with Gasteiger partial charge in [0.15, 0.2) is 0 Å². The van der Waals surface area contributed by atoms with Crippen molar-refractivity contribution in [3.63, 3.8) is 0 Å². The molecule has 0 saturated heterocycles. The Bertz CT molecular complexity index is 318. The van der Waals surface area contributed by atoms with Crippen LogP contribution in [0.3, 0.4) is 0 Å². The summed E-state index contributed by atoms with van der Waals surface area (Å²) in [6.07, 6.45) is 0.240. The van der Waals surface area contributed by atoms with Crippen LogP contribution < -0.4 is 5.32 Å². The molecular formula is C13H20FNO2. The van der Waals surface area contributed by atoms with Gasteiger partial charge in [0.05, 0.1) is 25.9 Å². The molecule has 1 aromatic rings. The SMILES string of the molecule is CC(C)OCCOCCNc1cccc(F)c1. The van der Waals surface area contributed by atoms with Crippen LogP contribution in [-0.4, -0.2) is 32.5 Å². The molecule has 3 nitrogen and oxygen atoms in total. The smallest absolute Gasteiger partial charge is 0.125 e. The molecule has 1 N–H and O–H groups in total. The maximum atomic E-state index is 12.8. The van der Waals surface area contributed by atoms with E-state index in [1.54, 1.807) is 6.07 Å². The first-order chi connectivity index (χ1) is 8.18. The summed E-state index contributed by atoms with van der Waals surface area (Å²) in [5.41, 5.74) is 0.770. The highest BCUT2D eigenvalue weighted by Gasteiger charge is 1.95.